The molecule has 8 aliphatic rings. The van der Waals surface area contributed by atoms with Crippen molar-refractivity contribution >= 4 is 156 Å². The van der Waals surface area contributed by atoms with Crippen LogP contribution in [-0.4, -0.2) is 191 Å². The Balaban J connectivity index is 0.000000127. The number of sulfonamides is 4. The number of nitrogens with zero attached hydrogens (tertiary/aromatic N) is 12. The Morgan fingerprint density at radius 3 is 0.889 bits per heavy atom. The van der Waals surface area contributed by atoms with E-state index in [1.54, 1.807) is 24.3 Å². The summed E-state index contributed by atoms with van der Waals surface area (Å²) in [6.45, 7) is 4.31. The molecule has 0 aliphatic carbocycles. The van der Waals surface area contributed by atoms with E-state index in [1.807, 2.05) is 48.5 Å². The van der Waals surface area contributed by atoms with Crippen molar-refractivity contribution in [2.45, 2.75) is 101 Å². The average molecular weight is 1640 g/mol. The summed E-state index contributed by atoms with van der Waals surface area (Å²) in [7, 11) is -13.3. The number of para-hydroxylation sites is 4. The molecule has 0 spiro atoms. The summed E-state index contributed by atoms with van der Waals surface area (Å²) < 4.78 is 105. The quantitative estimate of drug-likeness (QED) is 0.0783. The number of benzene rings is 4. The van der Waals surface area contributed by atoms with Crippen molar-refractivity contribution in [3.63, 3.8) is 0 Å². The molecule has 108 heavy (non-hydrogen) atoms. The molecule has 4 aromatic carbocycles. The molecule has 3 unspecified atom stereocenters. The van der Waals surface area contributed by atoms with Crippen LogP contribution in [-0.2, 0) is 92.0 Å². The first-order valence-corrected chi connectivity index (χ1v) is 43.5. The Hall–Kier alpha value is -8.40. The van der Waals surface area contributed by atoms with Gasteiger partial charge in [-0.2, -0.15) is 46.6 Å². The number of nitrogen functional groups attached to an aromatic ring is 4. The van der Waals surface area contributed by atoms with Gasteiger partial charge in [-0.15, -0.1) is 5.10 Å². The summed E-state index contributed by atoms with van der Waals surface area (Å²) in [6, 6.07) is 21.9. The number of carbonyl (C=O) groups excluding carboxylic acids is 4. The predicted octanol–water partition coefficient (Wildman–Crippen LogP) is 6.70. The van der Waals surface area contributed by atoms with E-state index in [2.05, 4.69) is 41.7 Å². The van der Waals surface area contributed by atoms with E-state index in [4.69, 9.17) is 69.3 Å². The molecular formula is C68H80Cl4N20O12S4. The number of fused-ring (bicyclic) bond motifs is 8. The Bertz CT molecular complexity index is 5060. The molecule has 4 atom stereocenters. The first-order chi connectivity index (χ1) is 51.1. The van der Waals surface area contributed by atoms with Crippen LogP contribution in [0.5, 0.6) is 0 Å². The van der Waals surface area contributed by atoms with E-state index in [9.17, 15) is 52.8 Å². The number of anilines is 8. The molecule has 12 heterocycles. The normalized spacial score (nSPS) is 19.9. The number of halogens is 4. The minimum atomic E-state index is -3.37. The van der Waals surface area contributed by atoms with E-state index in [-0.39, 0.29) is 55.6 Å². The number of hydrogen-bond acceptors (Lipinski definition) is 24. The number of carbonyl (C=O) groups is 4. The van der Waals surface area contributed by atoms with E-state index < -0.39 is 63.8 Å². The maximum Gasteiger partial charge on any atom is 0.256 e. The number of nitrogens with one attached hydrogen (secondary N) is 4. The lowest BCUT2D eigenvalue weighted by molar-refractivity contribution is 0.0844. The highest BCUT2D eigenvalue weighted by Crippen LogP contribution is 2.43. The molecule has 4 aromatic heterocycles. The molecule has 12 N–H and O–H groups in total. The monoisotopic (exact) mass is 1640 g/mol. The minimum absolute atomic E-state index is 0.0947. The standard InChI is InChI=1S/4C17H20ClN5O3S/c1-27(25,26)22-8-6-12-14(9-22)23(21-16(12)19)17(24)11-5-7-20-15-10(11)3-2-4-13(15)18;3*1-27(25,26)22-8-6-12-14(9-22)21-23(16(12)19)17(24)11-5-7-20-15-10(11)3-2-4-13(15)18/h2-4,11,20H,5-9H2,1H3,(H2,19,21);3*2-4,11,20H,5-9,19H2,1H3/t;11-;;/m.0../s1. The Morgan fingerprint density at radius 1 is 0.370 bits per heavy atom. The van der Waals surface area contributed by atoms with Crippen LogP contribution in [0.2, 0.25) is 20.1 Å². The Kier molecular flexibility index (Phi) is 21.9. The summed E-state index contributed by atoms with van der Waals surface area (Å²) in [4.78, 5) is 52.9. The van der Waals surface area contributed by atoms with Gasteiger partial charge in [-0.05, 0) is 97.9 Å². The fourth-order valence-corrected chi connectivity index (χ4v) is 19.2. The van der Waals surface area contributed by atoms with Crippen LogP contribution >= 0.6 is 46.4 Å². The minimum Gasteiger partial charge on any atom is -0.384 e. The molecule has 8 aliphatic heterocycles. The fraction of sp³-hybridized carbons (Fsp3) is 0.412. The van der Waals surface area contributed by atoms with Gasteiger partial charge in [-0.25, -0.2) is 38.4 Å². The third kappa shape index (κ3) is 15.3. The van der Waals surface area contributed by atoms with E-state index >= 15 is 0 Å². The largest absolute Gasteiger partial charge is 0.384 e. The lowest BCUT2D eigenvalue weighted by Crippen LogP contribution is -2.37. The van der Waals surface area contributed by atoms with Crippen molar-refractivity contribution in [2.75, 3.05) is 122 Å². The van der Waals surface area contributed by atoms with Crippen LogP contribution in [0, 0.1) is 0 Å². The van der Waals surface area contributed by atoms with Crippen LogP contribution < -0.4 is 44.2 Å². The van der Waals surface area contributed by atoms with Gasteiger partial charge in [0.2, 0.25) is 40.1 Å². The number of nitrogens with two attached hydrogens (primary N) is 4. The molecule has 32 nitrogen and oxygen atoms in total. The van der Waals surface area contributed by atoms with Gasteiger partial charge in [0.1, 0.15) is 23.3 Å². The second-order valence-electron chi connectivity index (χ2n) is 27.5. The van der Waals surface area contributed by atoms with E-state index in [0.717, 1.165) is 73.5 Å². The smallest absolute Gasteiger partial charge is 0.256 e. The van der Waals surface area contributed by atoms with Gasteiger partial charge in [0.15, 0.2) is 0 Å². The fourth-order valence-electron chi connectivity index (χ4n) is 15.1. The molecule has 0 bridgehead atoms. The first kappa shape index (κ1) is 77.7. The van der Waals surface area contributed by atoms with E-state index in [0.29, 0.717) is 164 Å². The highest BCUT2D eigenvalue weighted by atomic mass is 35.5. The Labute approximate surface area is 643 Å². The molecule has 40 heteroatoms. The van der Waals surface area contributed by atoms with E-state index in [1.165, 1.54) is 54.7 Å². The second-order valence-corrected chi connectivity index (χ2v) is 37.1. The molecule has 0 saturated carbocycles. The predicted molar refractivity (Wildman–Crippen MR) is 414 cm³/mol. The van der Waals surface area contributed by atoms with Crippen LogP contribution in [0.1, 0.15) is 136 Å². The molecule has 0 amide bonds. The van der Waals surface area contributed by atoms with Gasteiger partial charge < -0.3 is 44.2 Å². The number of hydrogen-bond donors (Lipinski definition) is 8. The number of rotatable bonds is 8. The zero-order valence-electron chi connectivity index (χ0n) is 59.1. The van der Waals surface area contributed by atoms with Crippen LogP contribution in [0.3, 0.4) is 0 Å². The van der Waals surface area contributed by atoms with Crippen molar-refractivity contribution in [3.8, 4) is 0 Å². The van der Waals surface area contributed by atoms with Gasteiger partial charge in [-0.1, -0.05) is 94.9 Å². The lowest BCUT2D eigenvalue weighted by atomic mass is 9.90. The Morgan fingerprint density at radius 2 is 0.620 bits per heavy atom. The third-order valence-electron chi connectivity index (χ3n) is 20.7. The van der Waals surface area contributed by atoms with Gasteiger partial charge >= 0.3 is 0 Å². The topological polar surface area (TPSA) is 441 Å². The highest BCUT2D eigenvalue weighted by Gasteiger charge is 2.40. The third-order valence-corrected chi connectivity index (χ3v) is 27.0. The highest BCUT2D eigenvalue weighted by molar-refractivity contribution is 7.89. The van der Waals surface area contributed by atoms with Crippen LogP contribution in [0.4, 0.5) is 46.0 Å². The van der Waals surface area contributed by atoms with Crippen molar-refractivity contribution in [1.29, 1.82) is 0 Å². The summed E-state index contributed by atoms with van der Waals surface area (Å²) in [5.74, 6) is -1.36. The van der Waals surface area contributed by atoms with Crippen molar-refractivity contribution in [1.82, 2.24) is 56.3 Å². The van der Waals surface area contributed by atoms with Gasteiger partial charge in [-0.3, -0.25) is 19.2 Å². The molecule has 576 valence electrons. The van der Waals surface area contributed by atoms with Crippen molar-refractivity contribution < 1.29 is 52.8 Å². The zero-order valence-corrected chi connectivity index (χ0v) is 65.4. The summed E-state index contributed by atoms with van der Waals surface area (Å²) in [5, 5.41) is 32.6. The SMILES string of the molecule is CS(=O)(=O)N1CCc2c(N)nn(C(=O)C3CCNc4c(Cl)cccc43)c2C1.CS(=O)(=O)N1CCc2c(nn(C(=O)C3CCNc4c(Cl)cccc43)c2N)C1.CS(=O)(=O)N1CCc2c(nn(C(=O)C3CCNc4c(Cl)cccc43)c2N)C1.CS(=O)(=O)N1CCc2c(nn(C(=O)[C@H]3CCNc4c(Cl)cccc43)c2N)C1. The second kappa shape index (κ2) is 30.5. The lowest BCUT2D eigenvalue weighted by Gasteiger charge is -2.28. The van der Waals surface area contributed by atoms with Crippen LogP contribution in [0.25, 0.3) is 0 Å². The van der Waals surface area contributed by atoms with Gasteiger partial charge in [0, 0.05) is 74.6 Å². The maximum absolute atomic E-state index is 13.3. The first-order valence-electron chi connectivity index (χ1n) is 34.6. The van der Waals surface area contributed by atoms with Crippen LogP contribution in [0.15, 0.2) is 72.8 Å². The van der Waals surface area contributed by atoms with Crippen molar-refractivity contribution in [2.24, 2.45) is 0 Å². The van der Waals surface area contributed by atoms with Gasteiger partial charge in [0.25, 0.3) is 23.6 Å². The number of aromatic nitrogens is 8. The molecule has 0 radical (unpaired) electrons. The molecule has 16 rings (SSSR count). The summed E-state index contributed by atoms with van der Waals surface area (Å²) in [5.41, 5.74) is 36.2. The summed E-state index contributed by atoms with van der Waals surface area (Å²) in [6.07, 6.45) is 8.82. The van der Waals surface area contributed by atoms with Gasteiger partial charge in [0.05, 0.1) is 140 Å². The molecule has 8 aromatic rings. The zero-order chi connectivity index (χ0) is 77.4. The average Bonchev–Trinajstić information content (AvgIpc) is 1.61. The maximum atomic E-state index is 13.3. The summed E-state index contributed by atoms with van der Waals surface area (Å²) >= 11 is 25.0. The molecular weight excluding hydrogens is 1560 g/mol. The molecule has 0 fully saturated rings. The van der Waals surface area contributed by atoms with Crippen molar-refractivity contribution in [3.05, 3.63) is 160 Å². The molecule has 0 saturated heterocycles.